The number of nitrogens with zero attached hydrogens (tertiary/aromatic N) is 4. The van der Waals surface area contributed by atoms with Gasteiger partial charge in [0.05, 0.1) is 20.3 Å². The van der Waals surface area contributed by atoms with Gasteiger partial charge in [-0.05, 0) is 12.8 Å². The van der Waals surface area contributed by atoms with Crippen LogP contribution in [0.4, 0.5) is 13.2 Å². The normalized spacial score (nSPS) is 13.7. The summed E-state index contributed by atoms with van der Waals surface area (Å²) in [5.74, 6) is 0. The maximum Gasteiger partial charge on any atom is 0.485 e. The van der Waals surface area contributed by atoms with E-state index in [1.165, 1.54) is 32.2 Å². The van der Waals surface area contributed by atoms with E-state index in [-0.39, 0.29) is 0 Å². The summed E-state index contributed by atoms with van der Waals surface area (Å²) in [5.41, 5.74) is -5.65. The molecule has 2 rings (SSSR count). The largest absolute Gasteiger partial charge is 0.741 e. The van der Waals surface area contributed by atoms with Gasteiger partial charge in [0, 0.05) is 26.0 Å². The second-order valence-corrected chi connectivity index (χ2v) is 7.80. The lowest BCUT2D eigenvalue weighted by Gasteiger charge is -2.17. The van der Waals surface area contributed by atoms with Gasteiger partial charge in [-0.1, -0.05) is 26.7 Å². The van der Waals surface area contributed by atoms with Gasteiger partial charge in [-0.15, -0.1) is 0 Å². The van der Waals surface area contributed by atoms with Crippen LogP contribution in [0.3, 0.4) is 0 Å². The van der Waals surface area contributed by atoms with Crippen molar-refractivity contribution in [2.45, 2.75) is 51.6 Å². The molecule has 0 radical (unpaired) electrons. The van der Waals surface area contributed by atoms with Gasteiger partial charge in [-0.3, -0.25) is 0 Å². The van der Waals surface area contributed by atoms with Gasteiger partial charge < -0.3 is 14.4 Å². The Hall–Kier alpha value is -1.75. The summed E-state index contributed by atoms with van der Waals surface area (Å²) in [5, 5.41) is 0. The van der Waals surface area contributed by atoms with Crippen molar-refractivity contribution in [1.82, 2.24) is 14.4 Å². The minimum absolute atomic E-state index is 1.07. The van der Waals surface area contributed by atoms with Crippen LogP contribution >= 0.6 is 0 Å². The first-order valence-corrected chi connectivity index (χ1v) is 10.5. The van der Waals surface area contributed by atoms with Crippen LogP contribution in [0.25, 0.3) is 0 Å². The number of rotatable bonds is 6. The van der Waals surface area contributed by atoms with Crippen LogP contribution in [0, 0.1) is 0 Å². The summed E-state index contributed by atoms with van der Waals surface area (Å²) in [6.07, 6.45) is 15.7. The van der Waals surface area contributed by atoms with Gasteiger partial charge in [0.2, 0.25) is 6.33 Å². The summed E-state index contributed by atoms with van der Waals surface area (Å²) in [6.45, 7) is 7.86. The van der Waals surface area contributed by atoms with Crippen LogP contribution in [0.1, 0.15) is 39.5 Å². The van der Waals surface area contributed by atoms with Crippen molar-refractivity contribution in [3.63, 3.8) is 0 Å². The predicted molar refractivity (Wildman–Crippen MR) is 99.7 cm³/mol. The van der Waals surface area contributed by atoms with E-state index in [9.17, 15) is 13.2 Å². The topological polar surface area (TPSA) is 72.5 Å². The maximum absolute atomic E-state index is 10.7. The fourth-order valence-electron chi connectivity index (χ4n) is 2.07. The summed E-state index contributed by atoms with van der Waals surface area (Å²) >= 11 is 0. The molecule has 0 bridgehead atoms. The molecule has 1 aromatic rings. The number of alkyl halides is 3. The van der Waals surface area contributed by atoms with E-state index in [4.69, 9.17) is 13.0 Å². The lowest BCUT2D eigenvalue weighted by Crippen LogP contribution is -2.23. The smallest absolute Gasteiger partial charge is 0.485 e. The zero-order valence-corrected chi connectivity index (χ0v) is 17.7. The zero-order valence-electron chi connectivity index (χ0n) is 16.9. The van der Waals surface area contributed by atoms with Crippen molar-refractivity contribution in [1.29, 1.82) is 0 Å². The summed E-state index contributed by atoms with van der Waals surface area (Å²) in [6, 6.07) is 0. The molecule has 164 valence electrons. The lowest BCUT2D eigenvalue weighted by atomic mass is 10.3. The second kappa shape index (κ2) is 12.7. The zero-order chi connectivity index (χ0) is 21.8. The molecule has 1 aliphatic rings. The molecule has 0 saturated carbocycles. The van der Waals surface area contributed by atoms with Crippen LogP contribution in [0.2, 0.25) is 0 Å². The number of halogens is 3. The first-order valence-electron chi connectivity index (χ1n) is 9.06. The molecule has 0 saturated heterocycles. The standard InChI is InChI=1S/C8H16N2.C8H15N2.CHF3O3S/c2*1-3-4-5-10-7-6-9(2)8-10;2-1(3,4)8(5,6)7/h6-7H,3-5,8H2,1-2H3;6-8H,3-5H2,1-2H3;(H,5,6,7)/q;+1;/p-1. The molecule has 7 nitrogen and oxygen atoms in total. The van der Waals surface area contributed by atoms with Gasteiger partial charge in [0.1, 0.15) is 12.4 Å². The van der Waals surface area contributed by atoms with Crippen molar-refractivity contribution in [2.75, 3.05) is 20.3 Å². The highest BCUT2D eigenvalue weighted by molar-refractivity contribution is 7.86. The van der Waals surface area contributed by atoms with E-state index in [0.717, 1.165) is 13.2 Å². The van der Waals surface area contributed by atoms with E-state index >= 15 is 0 Å². The van der Waals surface area contributed by atoms with Crippen LogP contribution in [0.15, 0.2) is 31.1 Å². The molecule has 0 fully saturated rings. The molecule has 0 spiro atoms. The summed E-state index contributed by atoms with van der Waals surface area (Å²) < 4.78 is 63.2. The Morgan fingerprint density at radius 2 is 1.64 bits per heavy atom. The summed E-state index contributed by atoms with van der Waals surface area (Å²) in [4.78, 5) is 4.53. The number of hydrogen-bond acceptors (Lipinski definition) is 5. The SMILES string of the molecule is CCCCN1C=CN(C)C1.CCCCn1cc[n+](C)c1.O=S(=O)([O-])C(F)(F)F. The second-order valence-electron chi connectivity index (χ2n) is 6.43. The minimum atomic E-state index is -6.09. The van der Waals surface area contributed by atoms with E-state index < -0.39 is 15.6 Å². The van der Waals surface area contributed by atoms with E-state index in [1.54, 1.807) is 0 Å². The van der Waals surface area contributed by atoms with Gasteiger partial charge in [-0.25, -0.2) is 17.6 Å². The molecule has 0 aliphatic carbocycles. The Morgan fingerprint density at radius 3 is 2.00 bits per heavy atom. The molecule has 0 N–H and O–H groups in total. The van der Waals surface area contributed by atoms with Crippen LogP contribution in [-0.2, 0) is 23.7 Å². The molecule has 28 heavy (non-hydrogen) atoms. The Bertz CT molecular complexity index is 675. The first-order chi connectivity index (χ1) is 12.9. The number of aromatic nitrogens is 2. The van der Waals surface area contributed by atoms with Crippen molar-refractivity contribution >= 4 is 10.1 Å². The quantitative estimate of drug-likeness (QED) is 0.396. The fraction of sp³-hybridized carbons (Fsp3) is 0.706. The highest BCUT2D eigenvalue weighted by Crippen LogP contribution is 2.20. The van der Waals surface area contributed by atoms with Crippen LogP contribution in [-0.4, -0.2) is 53.1 Å². The molecule has 1 aliphatic heterocycles. The molecular formula is C17H31F3N4O3S. The van der Waals surface area contributed by atoms with E-state index in [2.05, 4.69) is 71.0 Å². The predicted octanol–water partition coefficient (Wildman–Crippen LogP) is 2.63. The fourth-order valence-corrected chi connectivity index (χ4v) is 2.07. The van der Waals surface area contributed by atoms with Crippen molar-refractivity contribution < 1.29 is 30.7 Å². The van der Waals surface area contributed by atoms with Crippen molar-refractivity contribution in [3.8, 4) is 0 Å². The van der Waals surface area contributed by atoms with Crippen molar-refractivity contribution in [2.24, 2.45) is 7.05 Å². The molecule has 1 aromatic heterocycles. The number of aryl methyl sites for hydroxylation is 2. The highest BCUT2D eigenvalue weighted by Gasteiger charge is 2.36. The molecule has 11 heteroatoms. The average Bonchev–Trinajstić information content (AvgIpc) is 3.18. The Labute approximate surface area is 165 Å². The molecule has 0 amide bonds. The van der Waals surface area contributed by atoms with Gasteiger partial charge in [0.25, 0.3) is 0 Å². The Balaban J connectivity index is 0.000000394. The van der Waals surface area contributed by atoms with Gasteiger partial charge >= 0.3 is 5.51 Å². The molecule has 2 heterocycles. The first kappa shape index (κ1) is 26.2. The third-order valence-corrected chi connectivity index (χ3v) is 4.18. The third-order valence-electron chi connectivity index (χ3n) is 3.61. The molecule has 0 aromatic carbocycles. The molecule has 0 atom stereocenters. The number of unbranched alkanes of at least 4 members (excludes halogenated alkanes) is 2. The monoisotopic (exact) mass is 428 g/mol. The maximum atomic E-state index is 10.7. The summed E-state index contributed by atoms with van der Waals surface area (Å²) in [7, 11) is -1.95. The highest BCUT2D eigenvalue weighted by atomic mass is 32.2. The van der Waals surface area contributed by atoms with Crippen LogP contribution < -0.4 is 4.57 Å². The minimum Gasteiger partial charge on any atom is -0.741 e. The van der Waals surface area contributed by atoms with Gasteiger partial charge in [-0.2, -0.15) is 13.2 Å². The number of imidazole rings is 1. The Kier molecular flexibility index (Phi) is 11.9. The number of hydrogen-bond donors (Lipinski definition) is 0. The average molecular weight is 429 g/mol. The lowest BCUT2D eigenvalue weighted by molar-refractivity contribution is -0.671. The van der Waals surface area contributed by atoms with E-state index in [1.807, 2.05) is 7.05 Å². The molecular weight excluding hydrogens is 397 g/mol. The molecule has 0 unspecified atom stereocenters. The van der Waals surface area contributed by atoms with Crippen LogP contribution in [0.5, 0.6) is 0 Å². The van der Waals surface area contributed by atoms with Crippen molar-refractivity contribution in [3.05, 3.63) is 31.1 Å². The van der Waals surface area contributed by atoms with Gasteiger partial charge in [0.15, 0.2) is 10.1 Å². The Morgan fingerprint density at radius 1 is 1.11 bits per heavy atom. The third kappa shape index (κ3) is 11.9. The van der Waals surface area contributed by atoms with E-state index in [0.29, 0.717) is 0 Å².